The Morgan fingerprint density at radius 2 is 1.55 bits per heavy atom. The van der Waals surface area contributed by atoms with Crippen LogP contribution in [0.25, 0.3) is 11.1 Å². The average molecular weight is 451 g/mol. The summed E-state index contributed by atoms with van der Waals surface area (Å²) in [5.41, 5.74) is 4.51. The lowest BCUT2D eigenvalue weighted by Crippen LogP contribution is -2.53. The number of benzene rings is 2. The lowest BCUT2D eigenvalue weighted by Gasteiger charge is -2.22. The van der Waals surface area contributed by atoms with Gasteiger partial charge in [0.05, 0.1) is 0 Å². The van der Waals surface area contributed by atoms with Crippen LogP contribution in [0.4, 0.5) is 4.79 Å². The van der Waals surface area contributed by atoms with Gasteiger partial charge in [-0.3, -0.25) is 4.79 Å². The lowest BCUT2D eigenvalue weighted by atomic mass is 9.98. The third-order valence-corrected chi connectivity index (χ3v) is 6.31. The number of hydrogen-bond donors (Lipinski definition) is 3. The second-order valence-electron chi connectivity index (χ2n) is 9.31. The minimum Gasteiger partial charge on any atom is -0.480 e. The predicted molar refractivity (Wildman–Crippen MR) is 124 cm³/mol. The molecule has 2 atom stereocenters. The van der Waals surface area contributed by atoms with E-state index < -0.39 is 30.1 Å². The molecular formula is C26H30N2O5. The zero-order valence-corrected chi connectivity index (χ0v) is 18.9. The van der Waals surface area contributed by atoms with Crippen molar-refractivity contribution in [2.75, 3.05) is 6.61 Å². The molecule has 0 spiro atoms. The van der Waals surface area contributed by atoms with Crippen LogP contribution < -0.4 is 10.6 Å². The maximum Gasteiger partial charge on any atom is 0.407 e. The van der Waals surface area contributed by atoms with E-state index in [-0.39, 0.29) is 24.4 Å². The van der Waals surface area contributed by atoms with E-state index in [4.69, 9.17) is 4.74 Å². The Labute approximate surface area is 193 Å². The topological polar surface area (TPSA) is 105 Å². The Bertz CT molecular complexity index is 1000. The van der Waals surface area contributed by atoms with Gasteiger partial charge in [-0.15, -0.1) is 0 Å². The first kappa shape index (κ1) is 22.8. The van der Waals surface area contributed by atoms with Crippen LogP contribution in [0.15, 0.2) is 48.5 Å². The molecule has 2 aliphatic carbocycles. The molecule has 0 saturated heterocycles. The summed E-state index contributed by atoms with van der Waals surface area (Å²) in [5.74, 6) is -1.51. The minimum absolute atomic E-state index is 0.000947. The molecule has 0 aromatic heterocycles. The fraction of sp³-hybridized carbons (Fsp3) is 0.423. The number of nitrogens with one attached hydrogen (secondary N) is 2. The van der Waals surface area contributed by atoms with Crippen molar-refractivity contribution in [2.45, 2.75) is 51.1 Å². The van der Waals surface area contributed by atoms with Crippen molar-refractivity contribution in [3.05, 3.63) is 59.7 Å². The minimum atomic E-state index is -1.08. The highest BCUT2D eigenvalue weighted by atomic mass is 16.5. The number of ether oxygens (including phenoxy) is 1. The Morgan fingerprint density at radius 1 is 0.970 bits per heavy atom. The normalized spacial score (nSPS) is 16.5. The fourth-order valence-corrected chi connectivity index (χ4v) is 4.55. The maximum absolute atomic E-state index is 12.8. The molecule has 33 heavy (non-hydrogen) atoms. The van der Waals surface area contributed by atoms with Crippen LogP contribution in [0.3, 0.4) is 0 Å². The van der Waals surface area contributed by atoms with Gasteiger partial charge < -0.3 is 20.5 Å². The molecule has 1 unspecified atom stereocenters. The van der Waals surface area contributed by atoms with E-state index >= 15 is 0 Å². The van der Waals surface area contributed by atoms with Crippen LogP contribution in [0.2, 0.25) is 0 Å². The number of alkyl carbamates (subject to hydrolysis) is 1. The van der Waals surface area contributed by atoms with Crippen molar-refractivity contribution in [2.24, 2.45) is 11.8 Å². The molecule has 2 aromatic carbocycles. The van der Waals surface area contributed by atoms with Gasteiger partial charge in [-0.05, 0) is 53.4 Å². The Kier molecular flexibility index (Phi) is 6.67. The molecule has 2 amide bonds. The molecule has 0 heterocycles. The quantitative estimate of drug-likeness (QED) is 0.537. The molecule has 2 aromatic rings. The molecule has 1 fully saturated rings. The Balaban J connectivity index is 1.39. The van der Waals surface area contributed by atoms with Crippen molar-refractivity contribution in [1.29, 1.82) is 0 Å². The van der Waals surface area contributed by atoms with Gasteiger partial charge in [0.15, 0.2) is 0 Å². The van der Waals surface area contributed by atoms with E-state index in [1.54, 1.807) is 0 Å². The first-order chi connectivity index (χ1) is 15.8. The lowest BCUT2D eigenvalue weighted by molar-refractivity contribution is -0.142. The smallest absolute Gasteiger partial charge is 0.407 e. The van der Waals surface area contributed by atoms with Crippen LogP contribution in [-0.4, -0.2) is 41.8 Å². The van der Waals surface area contributed by atoms with E-state index in [2.05, 4.69) is 22.8 Å². The number of aliphatic carboxylic acids is 1. The summed E-state index contributed by atoms with van der Waals surface area (Å²) in [5, 5.41) is 14.7. The summed E-state index contributed by atoms with van der Waals surface area (Å²) in [7, 11) is 0. The second kappa shape index (κ2) is 9.65. The monoisotopic (exact) mass is 450 g/mol. The molecular weight excluding hydrogens is 420 g/mol. The van der Waals surface area contributed by atoms with Gasteiger partial charge in [0.1, 0.15) is 18.7 Å². The van der Waals surface area contributed by atoms with Crippen LogP contribution in [0.1, 0.15) is 50.2 Å². The summed E-state index contributed by atoms with van der Waals surface area (Å²) in [4.78, 5) is 37.0. The van der Waals surface area contributed by atoms with Crippen molar-refractivity contribution in [1.82, 2.24) is 10.6 Å². The first-order valence-electron chi connectivity index (χ1n) is 11.5. The van der Waals surface area contributed by atoms with Crippen molar-refractivity contribution >= 4 is 18.0 Å². The number of carbonyl (C=O) groups is 3. The summed E-state index contributed by atoms with van der Waals surface area (Å²) in [6, 6.07) is 14.4. The summed E-state index contributed by atoms with van der Waals surface area (Å²) in [6.45, 7) is 3.95. The summed E-state index contributed by atoms with van der Waals surface area (Å²) >= 11 is 0. The number of hydrogen-bond acceptors (Lipinski definition) is 4. The largest absolute Gasteiger partial charge is 0.480 e. The van der Waals surface area contributed by atoms with Crippen molar-refractivity contribution < 1.29 is 24.2 Å². The molecule has 0 bridgehead atoms. The first-order valence-corrected chi connectivity index (χ1v) is 11.5. The SMILES string of the molecule is CC(C)C[C@@H](NC(=O)C(NC(=O)OCC1c2ccccc2-c2ccccc21)C1CC1)C(=O)O. The van der Waals surface area contributed by atoms with Gasteiger partial charge in [-0.25, -0.2) is 9.59 Å². The summed E-state index contributed by atoms with van der Waals surface area (Å²) < 4.78 is 5.57. The number of carboxylic acids is 1. The number of carbonyl (C=O) groups excluding carboxylic acids is 2. The number of rotatable bonds is 9. The molecule has 2 aliphatic rings. The fourth-order valence-electron chi connectivity index (χ4n) is 4.55. The second-order valence-corrected chi connectivity index (χ2v) is 9.31. The van der Waals surface area contributed by atoms with E-state index in [1.165, 1.54) is 0 Å². The molecule has 4 rings (SSSR count). The highest BCUT2D eigenvalue weighted by Gasteiger charge is 2.39. The zero-order valence-electron chi connectivity index (χ0n) is 18.9. The van der Waals surface area contributed by atoms with Gasteiger partial charge in [-0.1, -0.05) is 62.4 Å². The van der Waals surface area contributed by atoms with Gasteiger partial charge in [0, 0.05) is 5.92 Å². The van der Waals surface area contributed by atoms with Gasteiger partial charge in [-0.2, -0.15) is 0 Å². The highest BCUT2D eigenvalue weighted by molar-refractivity contribution is 5.89. The van der Waals surface area contributed by atoms with E-state index in [0.29, 0.717) is 6.42 Å². The third-order valence-electron chi connectivity index (χ3n) is 6.31. The summed E-state index contributed by atoms with van der Waals surface area (Å²) in [6.07, 6.45) is 1.27. The predicted octanol–water partition coefficient (Wildman–Crippen LogP) is 3.92. The number of carboxylic acid groups (broad SMARTS) is 1. The molecule has 1 saturated carbocycles. The number of amides is 2. The van der Waals surface area contributed by atoms with E-state index in [0.717, 1.165) is 35.1 Å². The molecule has 3 N–H and O–H groups in total. The standard InChI is InChI=1S/C26H30N2O5/c1-15(2)13-22(25(30)31)27-24(29)23(16-11-12-16)28-26(32)33-14-21-19-9-5-3-7-17(19)18-8-4-6-10-20(18)21/h3-10,15-16,21-23H,11-14H2,1-2H3,(H,27,29)(H,28,32)(H,30,31)/t22-,23?/m1/s1. The average Bonchev–Trinajstić information content (AvgIpc) is 3.57. The Morgan fingerprint density at radius 3 is 2.06 bits per heavy atom. The van der Waals surface area contributed by atoms with Crippen LogP contribution in [0.5, 0.6) is 0 Å². The van der Waals surface area contributed by atoms with Crippen LogP contribution >= 0.6 is 0 Å². The van der Waals surface area contributed by atoms with Crippen LogP contribution in [-0.2, 0) is 14.3 Å². The maximum atomic E-state index is 12.8. The van der Waals surface area contributed by atoms with Crippen molar-refractivity contribution in [3.63, 3.8) is 0 Å². The van der Waals surface area contributed by atoms with Crippen molar-refractivity contribution in [3.8, 4) is 11.1 Å². The number of fused-ring (bicyclic) bond motifs is 3. The van der Waals surface area contributed by atoms with Crippen LogP contribution in [0, 0.1) is 11.8 Å². The molecule has 7 nitrogen and oxygen atoms in total. The van der Waals surface area contributed by atoms with E-state index in [1.807, 2.05) is 50.2 Å². The van der Waals surface area contributed by atoms with Gasteiger partial charge in [0.2, 0.25) is 5.91 Å². The molecule has 174 valence electrons. The highest BCUT2D eigenvalue weighted by Crippen LogP contribution is 2.44. The molecule has 0 radical (unpaired) electrons. The van der Waals surface area contributed by atoms with Gasteiger partial charge >= 0.3 is 12.1 Å². The third kappa shape index (κ3) is 5.18. The Hall–Kier alpha value is -3.35. The zero-order chi connectivity index (χ0) is 23.5. The van der Waals surface area contributed by atoms with Gasteiger partial charge in [0.25, 0.3) is 0 Å². The molecule has 7 heteroatoms. The van der Waals surface area contributed by atoms with E-state index in [9.17, 15) is 19.5 Å². The molecule has 0 aliphatic heterocycles.